The highest BCUT2D eigenvalue weighted by Crippen LogP contribution is 2.28. The highest BCUT2D eigenvalue weighted by Gasteiger charge is 2.28. The number of anilines is 1. The summed E-state index contributed by atoms with van der Waals surface area (Å²) in [6, 6.07) is 5.70. The summed E-state index contributed by atoms with van der Waals surface area (Å²) in [6.45, 7) is 3.42. The largest absolute Gasteiger partial charge is 0.375 e. The van der Waals surface area contributed by atoms with Crippen LogP contribution in [0, 0.1) is 0 Å². The van der Waals surface area contributed by atoms with Gasteiger partial charge in [-0.2, -0.15) is 0 Å². The predicted octanol–water partition coefficient (Wildman–Crippen LogP) is 0.868. The Morgan fingerprint density at radius 3 is 2.96 bits per heavy atom. The van der Waals surface area contributed by atoms with Crippen molar-refractivity contribution in [2.24, 2.45) is 0 Å². The number of ether oxygens (including phenoxy) is 1. The number of morpholine rings is 1. The molecule has 1 fully saturated rings. The quantitative estimate of drug-likeness (QED) is 0.840. The highest BCUT2D eigenvalue weighted by molar-refractivity contribution is 5.77. The number of amides is 1. The smallest absolute Gasteiger partial charge is 0.225 e. The third-order valence-corrected chi connectivity index (χ3v) is 5.12. The molecule has 0 radical (unpaired) electrons. The molecular weight excluding hydrogens is 356 g/mol. The Morgan fingerprint density at radius 1 is 1.36 bits per heavy atom. The van der Waals surface area contributed by atoms with Gasteiger partial charge >= 0.3 is 0 Å². The van der Waals surface area contributed by atoms with Gasteiger partial charge in [-0.25, -0.2) is 9.97 Å². The van der Waals surface area contributed by atoms with Crippen LogP contribution in [0.25, 0.3) is 11.5 Å². The summed E-state index contributed by atoms with van der Waals surface area (Å²) in [5.74, 6) is 1.61. The first-order chi connectivity index (χ1) is 13.6. The molecular formula is C20H26N6O2. The Hall–Kier alpha value is -2.58. The van der Waals surface area contributed by atoms with E-state index in [1.807, 2.05) is 42.1 Å². The predicted molar refractivity (Wildman–Crippen MR) is 106 cm³/mol. The minimum absolute atomic E-state index is 0.0468. The fourth-order valence-electron chi connectivity index (χ4n) is 3.68. The summed E-state index contributed by atoms with van der Waals surface area (Å²) in [5.41, 5.74) is 2.75. The van der Waals surface area contributed by atoms with Crippen LogP contribution in [-0.2, 0) is 22.5 Å². The van der Waals surface area contributed by atoms with E-state index in [1.54, 1.807) is 6.20 Å². The number of carbonyl (C=O) groups is 1. The van der Waals surface area contributed by atoms with E-state index in [0.717, 1.165) is 42.3 Å². The minimum Gasteiger partial charge on any atom is -0.375 e. The van der Waals surface area contributed by atoms with Crippen LogP contribution >= 0.6 is 0 Å². The number of nitrogens with one attached hydrogen (secondary N) is 1. The Morgan fingerprint density at radius 2 is 2.25 bits per heavy atom. The maximum atomic E-state index is 12.8. The number of hydrogen-bond acceptors (Lipinski definition) is 7. The van der Waals surface area contributed by atoms with E-state index in [1.165, 1.54) is 0 Å². The molecule has 0 aromatic carbocycles. The van der Waals surface area contributed by atoms with E-state index in [0.29, 0.717) is 31.9 Å². The zero-order valence-electron chi connectivity index (χ0n) is 16.4. The van der Waals surface area contributed by atoms with Crippen LogP contribution in [0.2, 0.25) is 0 Å². The van der Waals surface area contributed by atoms with Gasteiger partial charge in [-0.1, -0.05) is 6.07 Å². The van der Waals surface area contributed by atoms with Gasteiger partial charge in [0.15, 0.2) is 5.82 Å². The van der Waals surface area contributed by atoms with Crippen LogP contribution < -0.4 is 10.2 Å². The molecule has 0 bridgehead atoms. The molecule has 0 spiro atoms. The first-order valence-electron chi connectivity index (χ1n) is 9.70. The molecule has 0 saturated carbocycles. The van der Waals surface area contributed by atoms with Crippen molar-refractivity contribution in [2.75, 3.05) is 45.2 Å². The molecule has 1 amide bonds. The molecule has 148 valence electrons. The lowest BCUT2D eigenvalue weighted by Crippen LogP contribution is -2.44. The average molecular weight is 382 g/mol. The minimum atomic E-state index is -0.0468. The number of rotatable bonds is 4. The lowest BCUT2D eigenvalue weighted by atomic mass is 10.0. The Kier molecular flexibility index (Phi) is 5.50. The van der Waals surface area contributed by atoms with Crippen LogP contribution in [0.4, 0.5) is 5.82 Å². The highest BCUT2D eigenvalue weighted by atomic mass is 16.5. The Labute approximate surface area is 164 Å². The molecule has 28 heavy (non-hydrogen) atoms. The first kappa shape index (κ1) is 18.8. The van der Waals surface area contributed by atoms with Crippen LogP contribution in [-0.4, -0.2) is 72.2 Å². The molecule has 8 heteroatoms. The summed E-state index contributed by atoms with van der Waals surface area (Å²) < 4.78 is 5.69. The SMILES string of the molecule is CN(C)c1nc(-c2ccccn2)nc2c1CCN(C(=O)CC1CNCCO1)C2. The maximum Gasteiger partial charge on any atom is 0.225 e. The van der Waals surface area contributed by atoms with E-state index in [-0.39, 0.29) is 12.0 Å². The van der Waals surface area contributed by atoms with Crippen molar-refractivity contribution >= 4 is 11.7 Å². The molecule has 0 aliphatic carbocycles. The lowest BCUT2D eigenvalue weighted by molar-refractivity contribution is -0.135. The normalized spacial score (nSPS) is 19.2. The van der Waals surface area contributed by atoms with Crippen LogP contribution in [0.3, 0.4) is 0 Å². The molecule has 1 unspecified atom stereocenters. The van der Waals surface area contributed by atoms with Crippen molar-refractivity contribution < 1.29 is 9.53 Å². The van der Waals surface area contributed by atoms with Crippen molar-refractivity contribution in [3.63, 3.8) is 0 Å². The maximum absolute atomic E-state index is 12.8. The molecule has 4 heterocycles. The number of carbonyl (C=O) groups excluding carboxylic acids is 1. The summed E-state index contributed by atoms with van der Waals surface area (Å²) >= 11 is 0. The topological polar surface area (TPSA) is 83.5 Å². The number of pyridine rings is 1. The summed E-state index contributed by atoms with van der Waals surface area (Å²) in [6.07, 6.45) is 2.85. The second kappa shape index (κ2) is 8.20. The lowest BCUT2D eigenvalue weighted by Gasteiger charge is -2.32. The van der Waals surface area contributed by atoms with Crippen molar-refractivity contribution in [1.82, 2.24) is 25.2 Å². The van der Waals surface area contributed by atoms with Gasteiger partial charge in [-0.05, 0) is 18.6 Å². The van der Waals surface area contributed by atoms with E-state index in [9.17, 15) is 4.79 Å². The van der Waals surface area contributed by atoms with E-state index < -0.39 is 0 Å². The fourth-order valence-corrected chi connectivity index (χ4v) is 3.68. The van der Waals surface area contributed by atoms with Gasteiger partial charge in [0.05, 0.1) is 31.4 Å². The van der Waals surface area contributed by atoms with Gasteiger partial charge in [0.2, 0.25) is 5.91 Å². The molecule has 2 aromatic heterocycles. The monoisotopic (exact) mass is 382 g/mol. The van der Waals surface area contributed by atoms with Crippen LogP contribution in [0.1, 0.15) is 17.7 Å². The standard InChI is InChI=1S/C20H26N6O2/c1-25(2)20-15-6-9-26(18(27)11-14-12-21-8-10-28-14)13-17(15)23-19(24-20)16-5-3-4-7-22-16/h3-5,7,14,21H,6,8-13H2,1-2H3. The second-order valence-corrected chi connectivity index (χ2v) is 7.37. The molecule has 4 rings (SSSR count). The molecule has 2 aliphatic heterocycles. The first-order valence-corrected chi connectivity index (χ1v) is 9.70. The van der Waals surface area contributed by atoms with Gasteiger partial charge < -0.3 is 19.9 Å². The second-order valence-electron chi connectivity index (χ2n) is 7.37. The van der Waals surface area contributed by atoms with Gasteiger partial charge in [0.1, 0.15) is 11.5 Å². The average Bonchev–Trinajstić information content (AvgIpc) is 2.73. The van der Waals surface area contributed by atoms with Crippen molar-refractivity contribution in [1.29, 1.82) is 0 Å². The molecule has 8 nitrogen and oxygen atoms in total. The summed E-state index contributed by atoms with van der Waals surface area (Å²) in [5, 5.41) is 3.28. The van der Waals surface area contributed by atoms with Gasteiger partial charge in [0.25, 0.3) is 0 Å². The molecule has 1 N–H and O–H groups in total. The third-order valence-electron chi connectivity index (χ3n) is 5.12. The van der Waals surface area contributed by atoms with E-state index in [2.05, 4.69) is 10.3 Å². The third kappa shape index (κ3) is 3.98. The summed E-state index contributed by atoms with van der Waals surface area (Å²) in [4.78, 5) is 30.6. The molecule has 1 saturated heterocycles. The van der Waals surface area contributed by atoms with E-state index >= 15 is 0 Å². The number of fused-ring (bicyclic) bond motifs is 1. The number of nitrogens with zero attached hydrogens (tertiary/aromatic N) is 5. The molecule has 2 aromatic rings. The van der Waals surface area contributed by atoms with Gasteiger partial charge in [-0.15, -0.1) is 0 Å². The zero-order valence-corrected chi connectivity index (χ0v) is 16.4. The van der Waals surface area contributed by atoms with Crippen LogP contribution in [0.15, 0.2) is 24.4 Å². The van der Waals surface area contributed by atoms with Gasteiger partial charge in [0, 0.05) is 45.5 Å². The Balaban J connectivity index is 1.58. The molecule has 1 atom stereocenters. The van der Waals surface area contributed by atoms with Crippen molar-refractivity contribution in [3.8, 4) is 11.5 Å². The molecule has 2 aliphatic rings. The van der Waals surface area contributed by atoms with Crippen molar-refractivity contribution in [3.05, 3.63) is 35.7 Å². The Bertz CT molecular complexity index is 836. The number of hydrogen-bond donors (Lipinski definition) is 1. The van der Waals surface area contributed by atoms with Crippen molar-refractivity contribution in [2.45, 2.75) is 25.5 Å². The summed E-state index contributed by atoms with van der Waals surface area (Å²) in [7, 11) is 3.96. The van der Waals surface area contributed by atoms with E-state index in [4.69, 9.17) is 14.7 Å². The van der Waals surface area contributed by atoms with Crippen LogP contribution in [0.5, 0.6) is 0 Å². The van der Waals surface area contributed by atoms with Gasteiger partial charge in [-0.3, -0.25) is 9.78 Å². The fraction of sp³-hybridized carbons (Fsp3) is 0.500. The zero-order chi connectivity index (χ0) is 19.5. The number of aromatic nitrogens is 3.